The van der Waals surface area contributed by atoms with E-state index in [4.69, 9.17) is 23.6 Å². The number of ether oxygens (including phenoxy) is 3. The van der Waals surface area contributed by atoms with Crippen molar-refractivity contribution in [1.29, 1.82) is 0 Å². The number of carbonyl (C=O) groups excluding carboxylic acids is 3. The van der Waals surface area contributed by atoms with Crippen LogP contribution in [0.1, 0.15) is 109 Å². The minimum atomic E-state index is -2.52. The highest BCUT2D eigenvalue weighted by atomic mass is 32.1. The van der Waals surface area contributed by atoms with Crippen LogP contribution in [0.5, 0.6) is 0 Å². The monoisotopic (exact) mass is 775 g/mol. The molecule has 54 heavy (non-hydrogen) atoms. The largest absolute Gasteiger partial charge is 0.508 e. The molecule has 3 aromatic rings. The van der Waals surface area contributed by atoms with Crippen LogP contribution in [-0.2, 0) is 34.8 Å². The average molecular weight is 776 g/mol. The summed E-state index contributed by atoms with van der Waals surface area (Å²) >= 11 is 1.63. The van der Waals surface area contributed by atoms with Gasteiger partial charge in [0.15, 0.2) is 8.32 Å². The van der Waals surface area contributed by atoms with E-state index in [-0.39, 0.29) is 36.2 Å². The molecule has 0 saturated carbocycles. The van der Waals surface area contributed by atoms with Crippen molar-refractivity contribution >= 4 is 47.8 Å². The third-order valence-corrected chi connectivity index (χ3v) is 16.7. The van der Waals surface area contributed by atoms with Crippen molar-refractivity contribution in [3.63, 3.8) is 0 Å². The Morgan fingerprint density at radius 2 is 1.81 bits per heavy atom. The fraction of sp³-hybridized carbons (Fsp3) is 0.545. The second-order valence-electron chi connectivity index (χ2n) is 17.0. The average Bonchev–Trinajstić information content (AvgIpc) is 3.48. The highest BCUT2D eigenvalue weighted by Gasteiger charge is 2.50. The fourth-order valence-electron chi connectivity index (χ4n) is 6.79. The number of aromatic nitrogens is 1. The van der Waals surface area contributed by atoms with E-state index >= 15 is 4.79 Å². The SMILES string of the molecule is C=CC[C@H]1C(=O)C(C)(C)[C@@H](O[Si](C)(C)C(C)(C)C)CC(=O)O[C@H](c2ccc3sc(C)nc3c2)CC=C(C)CCC[C@H](C)[C@@H]1OC(=O)OCc1ccccc1. The summed E-state index contributed by atoms with van der Waals surface area (Å²) in [5.74, 6) is -1.52. The molecular weight excluding hydrogens is 715 g/mol. The molecule has 10 heteroatoms. The van der Waals surface area contributed by atoms with Crippen molar-refractivity contribution in [2.45, 2.75) is 137 Å². The smallest absolute Gasteiger partial charge is 0.457 e. The van der Waals surface area contributed by atoms with Gasteiger partial charge in [0.1, 0.15) is 24.6 Å². The van der Waals surface area contributed by atoms with Crippen molar-refractivity contribution in [3.05, 3.63) is 89.0 Å². The Morgan fingerprint density at radius 1 is 1.11 bits per heavy atom. The van der Waals surface area contributed by atoms with Gasteiger partial charge in [-0.05, 0) is 86.8 Å². The molecule has 0 spiro atoms. The molecule has 294 valence electrons. The fourth-order valence-corrected chi connectivity index (χ4v) is 9.04. The summed E-state index contributed by atoms with van der Waals surface area (Å²) in [5.41, 5.74) is 2.59. The summed E-state index contributed by atoms with van der Waals surface area (Å²) in [6.07, 6.45) is 3.88. The lowest BCUT2D eigenvalue weighted by Crippen LogP contribution is -2.53. The molecule has 0 bridgehead atoms. The van der Waals surface area contributed by atoms with Gasteiger partial charge in [0.05, 0.1) is 33.7 Å². The van der Waals surface area contributed by atoms with E-state index in [9.17, 15) is 9.59 Å². The summed E-state index contributed by atoms with van der Waals surface area (Å²) in [6.45, 7) is 24.5. The number of hydrogen-bond acceptors (Lipinski definition) is 9. The standard InChI is InChI=1S/C44H61NO7SSi/c1-12-17-34-40(51-42(48)49-28-32-20-14-13-15-21-32)30(3)19-16-18-29(2)22-24-36(33-23-25-37-35(26-33)45-31(4)53-37)50-39(46)27-38(44(8,9)41(34)47)52-54(10,11)43(5,6)7/h12-15,20-23,25-26,30,34,36,38,40H,1,16-19,24,27-28H2,2-11H3/t30-,34+,36-,38-,40-/m0/s1. The van der Waals surface area contributed by atoms with Gasteiger partial charge in [-0.2, -0.15) is 0 Å². The first-order valence-corrected chi connectivity index (χ1v) is 23.0. The number of hydrogen-bond donors (Lipinski definition) is 0. The number of esters is 1. The van der Waals surface area contributed by atoms with Gasteiger partial charge < -0.3 is 18.6 Å². The zero-order valence-electron chi connectivity index (χ0n) is 34.0. The number of cyclic esters (lactones) is 1. The van der Waals surface area contributed by atoms with Crippen LogP contribution in [0.4, 0.5) is 4.79 Å². The zero-order chi connectivity index (χ0) is 39.8. The van der Waals surface area contributed by atoms with Gasteiger partial charge in [-0.3, -0.25) is 9.59 Å². The first kappa shape index (κ1) is 43.1. The normalized spacial score (nSPS) is 23.7. The Labute approximate surface area is 327 Å². The van der Waals surface area contributed by atoms with E-state index in [1.807, 2.05) is 76.2 Å². The lowest BCUT2D eigenvalue weighted by molar-refractivity contribution is -0.155. The molecule has 5 atom stereocenters. The van der Waals surface area contributed by atoms with Crippen LogP contribution in [0.25, 0.3) is 10.2 Å². The van der Waals surface area contributed by atoms with E-state index in [1.54, 1.807) is 17.4 Å². The molecule has 0 fully saturated rings. The second kappa shape index (κ2) is 18.4. The quantitative estimate of drug-likeness (QED) is 0.127. The molecule has 1 aliphatic rings. The summed E-state index contributed by atoms with van der Waals surface area (Å²) < 4.78 is 26.1. The maximum atomic E-state index is 15.1. The summed E-state index contributed by atoms with van der Waals surface area (Å²) in [7, 11) is -2.52. The Bertz CT molecular complexity index is 1790. The van der Waals surface area contributed by atoms with Gasteiger partial charge in [0.2, 0.25) is 0 Å². The van der Waals surface area contributed by atoms with Crippen LogP contribution in [0.2, 0.25) is 18.1 Å². The van der Waals surface area contributed by atoms with E-state index in [1.165, 1.54) is 5.57 Å². The molecule has 0 aliphatic carbocycles. The van der Waals surface area contributed by atoms with Crippen molar-refractivity contribution in [2.75, 3.05) is 0 Å². The molecule has 1 aliphatic heterocycles. The maximum Gasteiger partial charge on any atom is 0.508 e. The van der Waals surface area contributed by atoms with Gasteiger partial charge >= 0.3 is 12.1 Å². The lowest BCUT2D eigenvalue weighted by atomic mass is 9.71. The van der Waals surface area contributed by atoms with Crippen molar-refractivity contribution in [1.82, 2.24) is 4.98 Å². The predicted octanol–water partition coefficient (Wildman–Crippen LogP) is 11.6. The first-order valence-electron chi connectivity index (χ1n) is 19.2. The molecule has 1 aromatic heterocycles. The van der Waals surface area contributed by atoms with E-state index in [0.29, 0.717) is 12.8 Å². The van der Waals surface area contributed by atoms with Crippen LogP contribution in [0.15, 0.2) is 72.8 Å². The topological polar surface area (TPSA) is 101 Å². The van der Waals surface area contributed by atoms with E-state index in [2.05, 4.69) is 53.4 Å². The Kier molecular flexibility index (Phi) is 14.7. The molecule has 0 N–H and O–H groups in total. The van der Waals surface area contributed by atoms with Crippen molar-refractivity contribution in [2.24, 2.45) is 17.3 Å². The van der Waals surface area contributed by atoms with E-state index in [0.717, 1.165) is 39.2 Å². The first-order chi connectivity index (χ1) is 25.3. The molecule has 0 saturated heterocycles. The van der Waals surface area contributed by atoms with Crippen molar-refractivity contribution in [3.8, 4) is 0 Å². The number of rotatable bonds is 8. The Balaban J connectivity index is 1.75. The Hall–Kier alpha value is -3.60. The molecule has 2 heterocycles. The summed E-state index contributed by atoms with van der Waals surface area (Å²) in [4.78, 5) is 47.2. The molecule has 8 nitrogen and oxygen atoms in total. The number of carbonyl (C=O) groups is 3. The maximum absolute atomic E-state index is 15.1. The zero-order valence-corrected chi connectivity index (χ0v) is 35.8. The minimum Gasteiger partial charge on any atom is -0.457 e. The van der Waals surface area contributed by atoms with Gasteiger partial charge in [-0.15, -0.1) is 17.9 Å². The number of nitrogens with zero attached hydrogens (tertiary/aromatic N) is 1. The van der Waals surface area contributed by atoms with Crippen LogP contribution in [0, 0.1) is 24.2 Å². The Morgan fingerprint density at radius 3 is 2.48 bits per heavy atom. The number of aryl methyl sites for hydroxylation is 1. The third-order valence-electron chi connectivity index (χ3n) is 11.3. The van der Waals surface area contributed by atoms with Crippen molar-refractivity contribution < 1.29 is 33.0 Å². The summed E-state index contributed by atoms with van der Waals surface area (Å²) in [5, 5.41) is 0.784. The highest BCUT2D eigenvalue weighted by molar-refractivity contribution is 7.18. The van der Waals surface area contributed by atoms with E-state index < -0.39 is 50.1 Å². The molecule has 0 amide bonds. The van der Waals surface area contributed by atoms with Gasteiger partial charge in [-0.1, -0.05) is 95.7 Å². The van der Waals surface area contributed by atoms with Gasteiger partial charge in [0, 0.05) is 11.8 Å². The van der Waals surface area contributed by atoms with Crippen LogP contribution in [0.3, 0.4) is 0 Å². The number of benzene rings is 2. The number of Topliss-reactive ketones (excluding diaryl/α,β-unsaturated/α-hetero) is 1. The molecule has 0 unspecified atom stereocenters. The van der Waals surface area contributed by atoms with Crippen LogP contribution in [-0.4, -0.2) is 43.4 Å². The molecule has 0 radical (unpaired) electrons. The van der Waals surface area contributed by atoms with Gasteiger partial charge in [-0.25, -0.2) is 9.78 Å². The molecular formula is C44H61NO7SSi. The predicted molar refractivity (Wildman–Crippen MR) is 220 cm³/mol. The number of fused-ring (bicyclic) bond motifs is 1. The minimum absolute atomic E-state index is 0.0547. The van der Waals surface area contributed by atoms with Crippen LogP contribution >= 0.6 is 11.3 Å². The summed E-state index contributed by atoms with van der Waals surface area (Å²) in [6, 6.07) is 15.5. The van der Waals surface area contributed by atoms with Crippen LogP contribution < -0.4 is 0 Å². The molecule has 2 aromatic carbocycles. The third kappa shape index (κ3) is 11.2. The number of allylic oxidation sites excluding steroid dienone is 2. The second-order valence-corrected chi connectivity index (χ2v) is 23.0. The lowest BCUT2D eigenvalue weighted by Gasteiger charge is -2.45. The highest BCUT2D eigenvalue weighted by Crippen LogP contribution is 2.43. The number of thiazole rings is 1. The number of ketones is 1. The van der Waals surface area contributed by atoms with Gasteiger partial charge in [0.25, 0.3) is 0 Å². The molecule has 4 rings (SSSR count).